The van der Waals surface area contributed by atoms with Crippen LogP contribution in [-0.2, 0) is 11.8 Å². The van der Waals surface area contributed by atoms with E-state index in [-0.39, 0.29) is 6.15 Å². The highest BCUT2D eigenvalue weighted by Crippen LogP contribution is 2.55. The number of rotatable bonds is 4. The Morgan fingerprint density at radius 2 is 1.44 bits per heavy atom. The lowest BCUT2D eigenvalue weighted by molar-refractivity contribution is -0.168. The number of hydrogen-bond donors (Lipinski definition) is 1. The Balaban J connectivity index is 0.00000162. The third kappa shape index (κ3) is 4.80. The third-order valence-electron chi connectivity index (χ3n) is 1.92. The van der Waals surface area contributed by atoms with Gasteiger partial charge in [0.1, 0.15) is 11.4 Å². The van der Waals surface area contributed by atoms with Crippen LogP contribution in [0, 0.1) is 0 Å². The Hall–Kier alpha value is -0.840. The molecule has 2 aromatic rings. The van der Waals surface area contributed by atoms with Gasteiger partial charge in [-0.3, -0.25) is 0 Å². The van der Waals surface area contributed by atoms with Crippen molar-refractivity contribution in [1.29, 1.82) is 0 Å². The fraction of sp³-hybridized carbons (Fsp3) is 0. The van der Waals surface area contributed by atoms with E-state index < -0.39 is 5.69 Å². The molecule has 0 saturated heterocycles. The largest absolute Gasteiger partial charge is 0.783 e. The molecule has 96 valence electrons. The summed E-state index contributed by atoms with van der Waals surface area (Å²) in [4.78, 5) is 13.0. The lowest BCUT2D eigenvalue weighted by Gasteiger charge is -2.27. The van der Waals surface area contributed by atoms with Crippen LogP contribution in [0.15, 0.2) is 65.6 Å². The fourth-order valence-corrected chi connectivity index (χ4v) is 4.74. The summed E-state index contributed by atoms with van der Waals surface area (Å²) in [5.74, 6) is 0.536. The zero-order valence-corrected chi connectivity index (χ0v) is 12.4. The van der Waals surface area contributed by atoms with Crippen molar-refractivity contribution >= 4 is 28.9 Å². The summed E-state index contributed by atoms with van der Waals surface area (Å²) in [6.07, 6.45) is 0. The molecule has 1 unspecified atom stereocenters. The topological polar surface area (TPSA) is 68.8 Å². The van der Waals surface area contributed by atoms with E-state index in [2.05, 4.69) is 0 Å². The maximum absolute atomic E-state index is 12.1. The van der Waals surface area contributed by atoms with Crippen LogP contribution in [0.1, 0.15) is 0 Å². The second-order valence-electron chi connectivity index (χ2n) is 3.26. The van der Waals surface area contributed by atoms with Crippen molar-refractivity contribution in [2.45, 2.75) is 4.90 Å². The molecule has 1 atom stereocenters. The Morgan fingerprint density at radius 1 is 0.944 bits per heavy atom. The lowest BCUT2D eigenvalue weighted by atomic mass is 10.3. The molecule has 0 spiro atoms. The van der Waals surface area contributed by atoms with Crippen molar-refractivity contribution in [2.75, 3.05) is 0 Å². The first-order chi connectivity index (χ1) is 8.16. The fourth-order valence-electron chi connectivity index (χ4n) is 1.24. The highest BCUT2D eigenvalue weighted by atomic mass is 32.9. The van der Waals surface area contributed by atoms with E-state index in [1.807, 2.05) is 48.5 Å². The van der Waals surface area contributed by atoms with Gasteiger partial charge in [0, 0.05) is 4.90 Å². The molecular weight excluding hydrogens is 285 g/mol. The predicted molar refractivity (Wildman–Crippen MR) is 79.6 cm³/mol. The van der Waals surface area contributed by atoms with E-state index >= 15 is 0 Å². The van der Waals surface area contributed by atoms with Crippen LogP contribution >= 0.6 is 17.1 Å². The lowest BCUT2D eigenvalue weighted by Crippen LogP contribution is -2.03. The average Bonchev–Trinajstić information content (AvgIpc) is 2.30. The molecule has 2 rings (SSSR count). The van der Waals surface area contributed by atoms with Gasteiger partial charge in [0.25, 0.3) is 0 Å². The van der Waals surface area contributed by atoms with Crippen LogP contribution in [0.5, 0.6) is 5.75 Å². The molecular formula is C12H14NO2PS2. The van der Waals surface area contributed by atoms with Crippen LogP contribution in [0.3, 0.4) is 0 Å². The zero-order chi connectivity index (χ0) is 12.1. The van der Waals surface area contributed by atoms with Gasteiger partial charge in [0.2, 0.25) is 0 Å². The van der Waals surface area contributed by atoms with Gasteiger partial charge in [-0.05, 0) is 24.3 Å². The quantitative estimate of drug-likeness (QED) is 0.871. The molecule has 3 nitrogen and oxygen atoms in total. The number of quaternary nitrogens is 1. The summed E-state index contributed by atoms with van der Waals surface area (Å²) in [6.45, 7) is 0. The summed E-state index contributed by atoms with van der Waals surface area (Å²) in [5, 5.41) is 0. The minimum Gasteiger partial charge on any atom is -0.783 e. The second kappa shape index (κ2) is 6.92. The third-order valence-corrected chi connectivity index (χ3v) is 5.48. The van der Waals surface area contributed by atoms with Crippen LogP contribution in [-0.4, -0.2) is 0 Å². The monoisotopic (exact) mass is 299 g/mol. The van der Waals surface area contributed by atoms with Crippen LogP contribution in [0.2, 0.25) is 0 Å². The molecule has 18 heavy (non-hydrogen) atoms. The highest BCUT2D eigenvalue weighted by molar-refractivity contribution is 8.67. The van der Waals surface area contributed by atoms with E-state index in [1.54, 1.807) is 12.1 Å². The molecule has 0 bridgehead atoms. The van der Waals surface area contributed by atoms with Crippen molar-refractivity contribution < 1.29 is 9.42 Å². The maximum Gasteiger partial charge on any atom is 0.123 e. The van der Waals surface area contributed by atoms with Crippen LogP contribution in [0.25, 0.3) is 0 Å². The molecule has 6 heteroatoms. The summed E-state index contributed by atoms with van der Waals surface area (Å²) < 4.78 is 5.34. The molecule has 0 heterocycles. The first-order valence-electron chi connectivity index (χ1n) is 4.96. The summed E-state index contributed by atoms with van der Waals surface area (Å²) in [7, 11) is 0. The number of benzene rings is 2. The van der Waals surface area contributed by atoms with E-state index in [0.29, 0.717) is 5.75 Å². The van der Waals surface area contributed by atoms with Crippen molar-refractivity contribution in [1.82, 2.24) is 6.15 Å². The SMILES string of the molecule is [NH4+].[O-]P(=S)(Oc1ccccc1)Sc1ccccc1. The Morgan fingerprint density at radius 3 is 2.00 bits per heavy atom. The van der Waals surface area contributed by atoms with E-state index in [1.165, 1.54) is 0 Å². The smallest absolute Gasteiger partial charge is 0.123 e. The highest BCUT2D eigenvalue weighted by Gasteiger charge is 2.07. The first kappa shape index (κ1) is 15.2. The van der Waals surface area contributed by atoms with E-state index in [4.69, 9.17) is 16.3 Å². The standard InChI is InChI=1S/C12H11O2PS2.H3N/c13-15(16,14-11-7-3-1-4-8-11)17-12-9-5-2-6-10-12;/h1-10H,(H,13,16);1H3. The van der Waals surface area contributed by atoms with Crippen LogP contribution in [0.4, 0.5) is 0 Å². The molecule has 0 saturated carbocycles. The van der Waals surface area contributed by atoms with Gasteiger partial charge >= 0.3 is 0 Å². The molecule has 4 N–H and O–H groups in total. The predicted octanol–water partition coefficient (Wildman–Crippen LogP) is 3.82. The first-order valence-corrected chi connectivity index (χ1v) is 9.02. The van der Waals surface area contributed by atoms with Gasteiger partial charge in [0.05, 0.1) is 0 Å². The van der Waals surface area contributed by atoms with Gasteiger partial charge in [0.15, 0.2) is 0 Å². The Bertz CT molecular complexity index is 477. The van der Waals surface area contributed by atoms with Crippen molar-refractivity contribution in [2.24, 2.45) is 0 Å². The average molecular weight is 299 g/mol. The van der Waals surface area contributed by atoms with Gasteiger partial charge in [-0.2, -0.15) is 0 Å². The summed E-state index contributed by atoms with van der Waals surface area (Å²) >= 11 is 6.09. The minimum absolute atomic E-state index is 0. The van der Waals surface area contributed by atoms with Gasteiger partial charge in [-0.1, -0.05) is 59.6 Å². The van der Waals surface area contributed by atoms with Crippen molar-refractivity contribution in [3.63, 3.8) is 0 Å². The number of hydrogen-bond acceptors (Lipinski definition) is 4. The zero-order valence-electron chi connectivity index (χ0n) is 9.85. The summed E-state index contributed by atoms with van der Waals surface area (Å²) in [5.41, 5.74) is -3.14. The molecule has 0 amide bonds. The molecule has 0 aliphatic carbocycles. The number of para-hydroxylation sites is 1. The van der Waals surface area contributed by atoms with Gasteiger partial charge in [-0.15, -0.1) is 0 Å². The van der Waals surface area contributed by atoms with Crippen molar-refractivity contribution in [3.8, 4) is 5.75 Å². The van der Waals surface area contributed by atoms with E-state index in [0.717, 1.165) is 16.3 Å². The minimum atomic E-state index is -3.14. The Kier molecular flexibility index (Phi) is 5.85. The summed E-state index contributed by atoms with van der Waals surface area (Å²) in [6, 6.07) is 18.4. The molecule has 0 fully saturated rings. The molecule has 2 aromatic carbocycles. The molecule has 0 aliphatic heterocycles. The molecule has 0 aliphatic rings. The molecule has 0 radical (unpaired) electrons. The maximum atomic E-state index is 12.1. The Labute approximate surface area is 116 Å². The van der Waals surface area contributed by atoms with Crippen molar-refractivity contribution in [3.05, 3.63) is 60.7 Å². The van der Waals surface area contributed by atoms with E-state index in [9.17, 15) is 4.89 Å². The van der Waals surface area contributed by atoms with Gasteiger partial charge in [-0.25, -0.2) is 0 Å². The second-order valence-corrected chi connectivity index (χ2v) is 9.11. The van der Waals surface area contributed by atoms with Crippen LogP contribution < -0.4 is 15.6 Å². The van der Waals surface area contributed by atoms with Gasteiger partial charge < -0.3 is 15.6 Å². The molecule has 0 aromatic heterocycles. The normalized spacial score (nSPS) is 13.2.